The van der Waals surface area contributed by atoms with E-state index in [1.54, 1.807) is 14.0 Å². The van der Waals surface area contributed by atoms with Crippen molar-refractivity contribution in [2.45, 2.75) is 26.7 Å². The fraction of sp³-hybridized carbons (Fsp3) is 0.462. The molecular weight excluding hydrogens is 204 g/mol. The summed E-state index contributed by atoms with van der Waals surface area (Å²) in [6.07, 6.45) is 1.09. The van der Waals surface area contributed by atoms with Crippen LogP contribution in [0.15, 0.2) is 24.3 Å². The fourth-order valence-electron chi connectivity index (χ4n) is 1.62. The van der Waals surface area contributed by atoms with Gasteiger partial charge in [0.15, 0.2) is 0 Å². The number of ether oxygens (including phenoxy) is 1. The summed E-state index contributed by atoms with van der Waals surface area (Å²) in [6, 6.07) is 7.55. The van der Waals surface area contributed by atoms with E-state index >= 15 is 0 Å². The number of rotatable bonds is 5. The zero-order valence-electron chi connectivity index (χ0n) is 9.99. The van der Waals surface area contributed by atoms with Gasteiger partial charge in [-0.05, 0) is 31.4 Å². The van der Waals surface area contributed by atoms with Crippen LogP contribution in [0.5, 0.6) is 5.75 Å². The molecule has 0 spiro atoms. The first-order valence-corrected chi connectivity index (χ1v) is 5.39. The highest BCUT2D eigenvalue weighted by Gasteiger charge is 2.32. The van der Waals surface area contributed by atoms with Crippen molar-refractivity contribution in [1.29, 1.82) is 0 Å². The Bertz CT molecular complexity index is 373. The summed E-state index contributed by atoms with van der Waals surface area (Å²) in [6.45, 7) is 3.66. The van der Waals surface area contributed by atoms with Gasteiger partial charge in [0.2, 0.25) is 0 Å². The van der Waals surface area contributed by atoms with E-state index in [1.165, 1.54) is 0 Å². The number of hydrogen-bond donors (Lipinski definition) is 1. The van der Waals surface area contributed by atoms with E-state index in [1.807, 2.05) is 31.2 Å². The Labute approximate surface area is 96.1 Å². The number of para-hydroxylation sites is 1. The maximum absolute atomic E-state index is 11.2. The van der Waals surface area contributed by atoms with Gasteiger partial charge in [-0.15, -0.1) is 0 Å². The lowest BCUT2D eigenvalue weighted by Gasteiger charge is -2.23. The van der Waals surface area contributed by atoms with Gasteiger partial charge in [0, 0.05) is 0 Å². The average molecular weight is 222 g/mol. The third-order valence-corrected chi connectivity index (χ3v) is 3.07. The summed E-state index contributed by atoms with van der Waals surface area (Å²) in [5, 5.41) is 9.22. The fourth-order valence-corrected chi connectivity index (χ4v) is 1.62. The van der Waals surface area contributed by atoms with Crippen LogP contribution >= 0.6 is 0 Å². The van der Waals surface area contributed by atoms with E-state index < -0.39 is 11.4 Å². The Balaban J connectivity index is 2.98. The van der Waals surface area contributed by atoms with Crippen molar-refractivity contribution in [2.75, 3.05) is 7.11 Å². The number of methoxy groups -OCH3 is 1. The molecule has 1 aromatic rings. The van der Waals surface area contributed by atoms with Gasteiger partial charge in [0.25, 0.3) is 0 Å². The maximum Gasteiger partial charge on any atom is 0.309 e. The van der Waals surface area contributed by atoms with Crippen LogP contribution in [0.1, 0.15) is 25.8 Å². The Morgan fingerprint density at radius 3 is 2.56 bits per heavy atom. The molecule has 0 bridgehead atoms. The zero-order valence-corrected chi connectivity index (χ0v) is 9.99. The topological polar surface area (TPSA) is 46.5 Å². The molecule has 3 nitrogen and oxygen atoms in total. The Morgan fingerprint density at radius 2 is 2.06 bits per heavy atom. The summed E-state index contributed by atoms with van der Waals surface area (Å²) in [4.78, 5) is 11.2. The van der Waals surface area contributed by atoms with Gasteiger partial charge < -0.3 is 9.84 Å². The summed E-state index contributed by atoms with van der Waals surface area (Å²) >= 11 is 0. The number of carboxylic acid groups (broad SMARTS) is 1. The first-order valence-electron chi connectivity index (χ1n) is 5.39. The van der Waals surface area contributed by atoms with Crippen molar-refractivity contribution in [3.05, 3.63) is 29.8 Å². The molecule has 0 aliphatic carbocycles. The molecule has 0 fully saturated rings. The normalized spacial score (nSPS) is 14.2. The molecule has 16 heavy (non-hydrogen) atoms. The molecule has 1 atom stereocenters. The van der Waals surface area contributed by atoms with Crippen molar-refractivity contribution in [2.24, 2.45) is 5.41 Å². The van der Waals surface area contributed by atoms with Crippen LogP contribution in [-0.2, 0) is 11.2 Å². The molecular formula is C13H18O3. The quantitative estimate of drug-likeness (QED) is 0.833. The van der Waals surface area contributed by atoms with Gasteiger partial charge in [0.1, 0.15) is 5.75 Å². The molecule has 0 radical (unpaired) electrons. The highest BCUT2D eigenvalue weighted by Crippen LogP contribution is 2.30. The third kappa shape index (κ3) is 2.54. The van der Waals surface area contributed by atoms with Crippen LogP contribution in [-0.4, -0.2) is 18.2 Å². The molecule has 0 aliphatic heterocycles. The number of hydrogen-bond acceptors (Lipinski definition) is 2. The second kappa shape index (κ2) is 5.01. The van der Waals surface area contributed by atoms with Crippen molar-refractivity contribution >= 4 is 5.97 Å². The van der Waals surface area contributed by atoms with E-state index in [9.17, 15) is 9.90 Å². The Kier molecular flexibility index (Phi) is 3.93. The minimum Gasteiger partial charge on any atom is -0.496 e. The van der Waals surface area contributed by atoms with Crippen molar-refractivity contribution in [3.63, 3.8) is 0 Å². The Morgan fingerprint density at radius 1 is 1.44 bits per heavy atom. The average Bonchev–Trinajstić information content (AvgIpc) is 2.29. The van der Waals surface area contributed by atoms with Gasteiger partial charge in [-0.2, -0.15) is 0 Å². The van der Waals surface area contributed by atoms with Gasteiger partial charge >= 0.3 is 5.97 Å². The predicted molar refractivity (Wildman–Crippen MR) is 62.7 cm³/mol. The molecule has 88 valence electrons. The minimum absolute atomic E-state index is 0.489. The highest BCUT2D eigenvalue weighted by atomic mass is 16.5. The molecule has 0 aromatic heterocycles. The van der Waals surface area contributed by atoms with Gasteiger partial charge in [0.05, 0.1) is 12.5 Å². The van der Waals surface area contributed by atoms with Gasteiger partial charge in [-0.3, -0.25) is 4.79 Å². The lowest BCUT2D eigenvalue weighted by atomic mass is 9.81. The standard InChI is InChI=1S/C13H18O3/c1-4-13(2,12(14)15)9-10-7-5-6-8-11(10)16-3/h5-8H,4,9H2,1-3H3,(H,14,15). The SMILES string of the molecule is CCC(C)(Cc1ccccc1OC)C(=O)O. The smallest absolute Gasteiger partial charge is 0.309 e. The molecule has 0 saturated heterocycles. The molecule has 0 heterocycles. The molecule has 1 unspecified atom stereocenters. The molecule has 1 rings (SSSR count). The van der Waals surface area contributed by atoms with Crippen molar-refractivity contribution in [3.8, 4) is 5.75 Å². The summed E-state index contributed by atoms with van der Waals surface area (Å²) in [7, 11) is 1.60. The van der Waals surface area contributed by atoms with Crippen molar-refractivity contribution in [1.82, 2.24) is 0 Å². The van der Waals surface area contributed by atoms with Crippen LogP contribution < -0.4 is 4.74 Å². The van der Waals surface area contributed by atoms with E-state index in [2.05, 4.69) is 0 Å². The Hall–Kier alpha value is -1.51. The molecule has 0 amide bonds. The van der Waals surface area contributed by atoms with E-state index in [0.29, 0.717) is 12.8 Å². The number of carboxylic acids is 1. The zero-order chi connectivity index (χ0) is 12.2. The van der Waals surface area contributed by atoms with Crippen LogP contribution in [0, 0.1) is 5.41 Å². The molecule has 0 saturated carbocycles. The number of benzene rings is 1. The highest BCUT2D eigenvalue weighted by molar-refractivity contribution is 5.74. The third-order valence-electron chi connectivity index (χ3n) is 3.07. The van der Waals surface area contributed by atoms with E-state index in [0.717, 1.165) is 11.3 Å². The lowest BCUT2D eigenvalue weighted by Crippen LogP contribution is -2.29. The lowest BCUT2D eigenvalue weighted by molar-refractivity contribution is -0.148. The number of aliphatic carboxylic acids is 1. The largest absolute Gasteiger partial charge is 0.496 e. The van der Waals surface area contributed by atoms with Gasteiger partial charge in [-0.1, -0.05) is 25.1 Å². The predicted octanol–water partition coefficient (Wildman–Crippen LogP) is 2.74. The van der Waals surface area contributed by atoms with Crippen LogP contribution in [0.4, 0.5) is 0 Å². The maximum atomic E-state index is 11.2. The van der Waals surface area contributed by atoms with Crippen LogP contribution in [0.25, 0.3) is 0 Å². The molecule has 3 heteroatoms. The summed E-state index contributed by atoms with van der Waals surface area (Å²) in [5.74, 6) is -0.00988. The van der Waals surface area contributed by atoms with E-state index in [-0.39, 0.29) is 0 Å². The first-order chi connectivity index (χ1) is 7.53. The summed E-state index contributed by atoms with van der Waals surface area (Å²) in [5.41, 5.74) is 0.214. The first kappa shape index (κ1) is 12.6. The van der Waals surface area contributed by atoms with Crippen LogP contribution in [0.2, 0.25) is 0 Å². The number of carbonyl (C=O) groups is 1. The van der Waals surface area contributed by atoms with Crippen molar-refractivity contribution < 1.29 is 14.6 Å². The molecule has 0 aliphatic rings. The minimum atomic E-state index is -0.763. The summed E-state index contributed by atoms with van der Waals surface area (Å²) < 4.78 is 5.22. The van der Waals surface area contributed by atoms with E-state index in [4.69, 9.17) is 4.74 Å². The molecule has 1 N–H and O–H groups in total. The second-order valence-electron chi connectivity index (χ2n) is 4.21. The van der Waals surface area contributed by atoms with Gasteiger partial charge in [-0.25, -0.2) is 0 Å². The monoisotopic (exact) mass is 222 g/mol. The second-order valence-corrected chi connectivity index (χ2v) is 4.21. The van der Waals surface area contributed by atoms with Crippen LogP contribution in [0.3, 0.4) is 0 Å². The molecule has 1 aromatic carbocycles.